The summed E-state index contributed by atoms with van der Waals surface area (Å²) in [5, 5.41) is 11.9. The maximum Gasteiger partial charge on any atom is 0.315 e. The zero-order valence-corrected chi connectivity index (χ0v) is 16.6. The van der Waals surface area contributed by atoms with Gasteiger partial charge in [-0.05, 0) is 54.7 Å². The minimum Gasteiger partial charge on any atom is -0.382 e. The highest BCUT2D eigenvalue weighted by Gasteiger charge is 2.28. The van der Waals surface area contributed by atoms with E-state index in [-0.39, 0.29) is 17.4 Å². The van der Waals surface area contributed by atoms with Gasteiger partial charge in [0.25, 0.3) is 0 Å². The van der Waals surface area contributed by atoms with Crippen molar-refractivity contribution in [1.82, 2.24) is 16.0 Å². The van der Waals surface area contributed by atoms with Crippen LogP contribution in [0.1, 0.15) is 52.0 Å². The molecule has 4 N–H and O–H groups in total. The van der Waals surface area contributed by atoms with Crippen molar-refractivity contribution in [3.8, 4) is 0 Å². The van der Waals surface area contributed by atoms with Crippen LogP contribution in [0.15, 0.2) is 24.3 Å². The first kappa shape index (κ1) is 19.5. The summed E-state index contributed by atoms with van der Waals surface area (Å²) in [6.45, 7) is 7.75. The summed E-state index contributed by atoms with van der Waals surface area (Å²) < 4.78 is 0. The van der Waals surface area contributed by atoms with Gasteiger partial charge in [-0.1, -0.05) is 32.9 Å². The summed E-state index contributed by atoms with van der Waals surface area (Å²) in [6, 6.07) is 8.56. The molecule has 1 atom stereocenters. The third-order valence-corrected chi connectivity index (χ3v) is 5.62. The highest BCUT2D eigenvalue weighted by molar-refractivity contribution is 5.90. The topological polar surface area (TPSA) is 82.3 Å². The van der Waals surface area contributed by atoms with E-state index in [0.717, 1.165) is 25.7 Å². The van der Waals surface area contributed by atoms with Gasteiger partial charge in [-0.2, -0.15) is 0 Å². The molecule has 6 heteroatoms. The molecule has 1 aliphatic carbocycles. The molecule has 1 heterocycles. The lowest BCUT2D eigenvalue weighted by Gasteiger charge is -2.30. The maximum atomic E-state index is 12.1. The van der Waals surface area contributed by atoms with E-state index in [0.29, 0.717) is 25.0 Å². The van der Waals surface area contributed by atoms with Crippen molar-refractivity contribution in [2.75, 3.05) is 18.4 Å². The SMILES string of the molecule is CC(C)(C)c1ccc(NC2CCC(CNC(=O)C3CNC(=O)N3)CC2)cc1. The Morgan fingerprint density at radius 1 is 1.11 bits per heavy atom. The van der Waals surface area contributed by atoms with Crippen LogP contribution in [-0.2, 0) is 10.2 Å². The van der Waals surface area contributed by atoms with Crippen LogP contribution in [-0.4, -0.2) is 37.1 Å². The van der Waals surface area contributed by atoms with Crippen molar-refractivity contribution in [3.05, 3.63) is 29.8 Å². The van der Waals surface area contributed by atoms with Crippen LogP contribution < -0.4 is 21.3 Å². The van der Waals surface area contributed by atoms with Crippen molar-refractivity contribution in [1.29, 1.82) is 0 Å². The second kappa shape index (κ2) is 8.19. The van der Waals surface area contributed by atoms with Crippen LogP contribution in [0.2, 0.25) is 0 Å². The minimum atomic E-state index is -0.438. The van der Waals surface area contributed by atoms with Crippen LogP contribution in [0.3, 0.4) is 0 Å². The van der Waals surface area contributed by atoms with E-state index < -0.39 is 6.04 Å². The lowest BCUT2D eigenvalue weighted by molar-refractivity contribution is -0.122. The fourth-order valence-corrected chi connectivity index (χ4v) is 3.79. The number of nitrogens with one attached hydrogen (secondary N) is 4. The summed E-state index contributed by atoms with van der Waals surface area (Å²) in [4.78, 5) is 23.2. The Balaban J connectivity index is 1.38. The molecule has 27 heavy (non-hydrogen) atoms. The molecule has 0 spiro atoms. The maximum absolute atomic E-state index is 12.1. The van der Waals surface area contributed by atoms with E-state index in [9.17, 15) is 9.59 Å². The van der Waals surface area contributed by atoms with Crippen LogP contribution in [0, 0.1) is 5.92 Å². The van der Waals surface area contributed by atoms with Crippen LogP contribution >= 0.6 is 0 Å². The molecule has 3 rings (SSSR count). The number of amides is 3. The molecular weight excluding hydrogens is 340 g/mol. The smallest absolute Gasteiger partial charge is 0.315 e. The standard InChI is InChI=1S/C21H32N4O2/c1-21(2,3)15-6-10-17(11-7-15)24-16-8-4-14(5-9-16)12-22-19(26)18-13-23-20(27)25-18/h6-7,10-11,14,16,18,24H,4-5,8-9,12-13H2,1-3H3,(H,22,26)(H2,23,25,27). The average molecular weight is 373 g/mol. The number of anilines is 1. The molecule has 1 saturated carbocycles. The van der Waals surface area contributed by atoms with E-state index in [2.05, 4.69) is 66.3 Å². The summed E-state index contributed by atoms with van der Waals surface area (Å²) >= 11 is 0. The Morgan fingerprint density at radius 3 is 2.33 bits per heavy atom. The Bertz CT molecular complexity index is 658. The van der Waals surface area contributed by atoms with Crippen molar-refractivity contribution < 1.29 is 9.59 Å². The molecule has 148 valence electrons. The predicted molar refractivity (Wildman–Crippen MR) is 108 cm³/mol. The minimum absolute atomic E-state index is 0.0902. The molecular formula is C21H32N4O2. The van der Waals surface area contributed by atoms with Gasteiger partial charge in [0.15, 0.2) is 0 Å². The van der Waals surface area contributed by atoms with Gasteiger partial charge in [0.1, 0.15) is 6.04 Å². The summed E-state index contributed by atoms with van der Waals surface area (Å²) in [5.41, 5.74) is 2.71. The summed E-state index contributed by atoms with van der Waals surface area (Å²) in [5.74, 6) is 0.424. The second-order valence-electron chi connectivity index (χ2n) is 8.84. The van der Waals surface area contributed by atoms with E-state index in [4.69, 9.17) is 0 Å². The van der Waals surface area contributed by atoms with Crippen LogP contribution in [0.4, 0.5) is 10.5 Å². The zero-order chi connectivity index (χ0) is 19.4. The molecule has 3 amide bonds. The van der Waals surface area contributed by atoms with Crippen molar-refractivity contribution in [3.63, 3.8) is 0 Å². The average Bonchev–Trinajstić information content (AvgIpc) is 3.07. The zero-order valence-electron chi connectivity index (χ0n) is 16.6. The van der Waals surface area contributed by atoms with Crippen molar-refractivity contribution in [2.24, 2.45) is 5.92 Å². The molecule has 1 saturated heterocycles. The fraction of sp³-hybridized carbons (Fsp3) is 0.619. The Labute approximate surface area is 161 Å². The molecule has 0 aromatic heterocycles. The van der Waals surface area contributed by atoms with Gasteiger partial charge >= 0.3 is 6.03 Å². The first-order valence-electron chi connectivity index (χ1n) is 10.0. The van der Waals surface area contributed by atoms with Crippen LogP contribution in [0.5, 0.6) is 0 Å². The summed E-state index contributed by atoms with van der Waals surface area (Å²) in [6.07, 6.45) is 4.44. The van der Waals surface area contributed by atoms with E-state index >= 15 is 0 Å². The summed E-state index contributed by atoms with van der Waals surface area (Å²) in [7, 11) is 0. The number of rotatable bonds is 5. The molecule has 2 aliphatic rings. The molecule has 1 aromatic carbocycles. The van der Waals surface area contributed by atoms with Gasteiger partial charge in [0.2, 0.25) is 5.91 Å². The third-order valence-electron chi connectivity index (χ3n) is 5.62. The van der Waals surface area contributed by atoms with Crippen molar-refractivity contribution in [2.45, 2.75) is 64.0 Å². The lowest BCUT2D eigenvalue weighted by Crippen LogP contribution is -2.45. The molecule has 1 aliphatic heterocycles. The van der Waals surface area contributed by atoms with E-state index in [1.54, 1.807) is 0 Å². The quantitative estimate of drug-likeness (QED) is 0.641. The van der Waals surface area contributed by atoms with E-state index in [1.165, 1.54) is 11.3 Å². The Kier molecular flexibility index (Phi) is 5.92. The Morgan fingerprint density at radius 2 is 1.78 bits per heavy atom. The van der Waals surface area contributed by atoms with Gasteiger partial charge in [-0.3, -0.25) is 4.79 Å². The molecule has 0 bridgehead atoms. The molecule has 1 unspecified atom stereocenters. The van der Waals surface area contributed by atoms with Crippen LogP contribution in [0.25, 0.3) is 0 Å². The monoisotopic (exact) mass is 372 g/mol. The highest BCUT2D eigenvalue weighted by atomic mass is 16.2. The van der Waals surface area contributed by atoms with Gasteiger partial charge in [-0.15, -0.1) is 0 Å². The van der Waals surface area contributed by atoms with Crippen molar-refractivity contribution >= 4 is 17.6 Å². The number of carbonyl (C=O) groups excluding carboxylic acids is 2. The first-order chi connectivity index (χ1) is 12.8. The molecule has 6 nitrogen and oxygen atoms in total. The highest BCUT2D eigenvalue weighted by Crippen LogP contribution is 2.28. The second-order valence-corrected chi connectivity index (χ2v) is 8.84. The normalized spacial score (nSPS) is 25.4. The van der Waals surface area contributed by atoms with Gasteiger partial charge in [0, 0.05) is 24.8 Å². The fourth-order valence-electron chi connectivity index (χ4n) is 3.79. The first-order valence-corrected chi connectivity index (χ1v) is 10.0. The lowest BCUT2D eigenvalue weighted by atomic mass is 9.85. The largest absolute Gasteiger partial charge is 0.382 e. The number of hydrogen-bond acceptors (Lipinski definition) is 3. The number of urea groups is 1. The molecule has 1 aromatic rings. The van der Waals surface area contributed by atoms with Gasteiger partial charge in [-0.25, -0.2) is 4.79 Å². The number of carbonyl (C=O) groups is 2. The number of hydrogen-bond donors (Lipinski definition) is 4. The van der Waals surface area contributed by atoms with Gasteiger partial charge in [0.05, 0.1) is 0 Å². The predicted octanol–water partition coefficient (Wildman–Crippen LogP) is 2.75. The van der Waals surface area contributed by atoms with E-state index in [1.807, 2.05) is 0 Å². The number of benzene rings is 1. The van der Waals surface area contributed by atoms with Gasteiger partial charge < -0.3 is 21.3 Å². The Hall–Kier alpha value is -2.24. The molecule has 0 radical (unpaired) electrons. The molecule has 2 fully saturated rings. The third kappa shape index (κ3) is 5.37.